The van der Waals surface area contributed by atoms with E-state index in [2.05, 4.69) is 15.3 Å². The molecule has 2 N–H and O–H groups in total. The van der Waals surface area contributed by atoms with Crippen LogP contribution in [-0.4, -0.2) is 71.1 Å². The van der Waals surface area contributed by atoms with Crippen LogP contribution in [0.5, 0.6) is 0 Å². The average Bonchev–Trinajstić information content (AvgIpc) is 2.81. The second kappa shape index (κ2) is 7.75. The summed E-state index contributed by atoms with van der Waals surface area (Å²) in [5, 5.41) is 15.8. The molecule has 7 heteroatoms. The first-order valence-corrected chi connectivity index (χ1v) is 6.41. The first kappa shape index (κ1) is 15.5. The molecule has 0 saturated carbocycles. The lowest BCUT2D eigenvalue weighted by Gasteiger charge is -2.19. The summed E-state index contributed by atoms with van der Waals surface area (Å²) >= 11 is 0. The molecule has 7 nitrogen and oxygen atoms in total. The molecule has 1 aromatic heterocycles. The predicted molar refractivity (Wildman–Crippen MR) is 74.1 cm³/mol. The number of aliphatic hydroxyl groups is 1. The topological polar surface area (TPSA) is 73.6 Å². The molecule has 0 fully saturated rings. The Bertz CT molecular complexity index is 391. The summed E-state index contributed by atoms with van der Waals surface area (Å²) in [5.74, 6) is 0.528. The van der Waals surface area contributed by atoms with Gasteiger partial charge in [-0.05, 0) is 21.0 Å². The molecular formula is C12H23N5O2. The minimum atomic E-state index is -0.241. The summed E-state index contributed by atoms with van der Waals surface area (Å²) < 4.78 is 1.79. The maximum atomic E-state index is 11.9. The van der Waals surface area contributed by atoms with Gasteiger partial charge in [0.2, 0.25) is 0 Å². The zero-order valence-corrected chi connectivity index (χ0v) is 11.8. The molecule has 0 radical (unpaired) electrons. The minimum Gasteiger partial charge on any atom is -0.395 e. The first-order valence-electron chi connectivity index (χ1n) is 6.41. The van der Waals surface area contributed by atoms with E-state index in [0.29, 0.717) is 18.9 Å². The second-order valence-electron chi connectivity index (χ2n) is 4.50. The van der Waals surface area contributed by atoms with Gasteiger partial charge in [-0.1, -0.05) is 0 Å². The Kier molecular flexibility index (Phi) is 6.31. The molecule has 0 spiro atoms. The Balaban J connectivity index is 2.50. The average molecular weight is 269 g/mol. The lowest BCUT2D eigenvalue weighted by molar-refractivity contribution is 0.192. The van der Waals surface area contributed by atoms with Crippen LogP contribution in [0.1, 0.15) is 6.92 Å². The Hall–Kier alpha value is -1.60. The molecule has 0 saturated heterocycles. The first-order chi connectivity index (χ1) is 9.06. The van der Waals surface area contributed by atoms with Crippen LogP contribution < -0.4 is 5.32 Å². The van der Waals surface area contributed by atoms with Gasteiger partial charge < -0.3 is 14.9 Å². The Morgan fingerprint density at radius 2 is 2.21 bits per heavy atom. The number of likely N-dealkylation sites (N-methyl/N-ethyl adjacent to an activating group) is 2. The number of carbonyl (C=O) groups is 1. The molecule has 0 aromatic carbocycles. The van der Waals surface area contributed by atoms with Crippen molar-refractivity contribution in [3.8, 4) is 0 Å². The van der Waals surface area contributed by atoms with Gasteiger partial charge >= 0.3 is 6.03 Å². The van der Waals surface area contributed by atoms with Gasteiger partial charge in [0.05, 0.1) is 13.2 Å². The van der Waals surface area contributed by atoms with Crippen LogP contribution in [-0.2, 0) is 6.54 Å². The second-order valence-corrected chi connectivity index (χ2v) is 4.50. The van der Waals surface area contributed by atoms with E-state index in [1.165, 1.54) is 4.90 Å². The standard InChI is InChI=1S/C12H23N5O2/c1-4-16(9-10-18)12(19)13-11-5-6-17(14-11)8-7-15(2)3/h5-6,18H,4,7-10H2,1-3H3,(H,13,14,19). The number of rotatable bonds is 7. The van der Waals surface area contributed by atoms with Gasteiger partial charge in [0.15, 0.2) is 5.82 Å². The summed E-state index contributed by atoms with van der Waals surface area (Å²) in [6, 6.07) is 1.52. The van der Waals surface area contributed by atoms with Crippen molar-refractivity contribution < 1.29 is 9.90 Å². The summed E-state index contributed by atoms with van der Waals surface area (Å²) in [6.07, 6.45) is 1.83. The fraction of sp³-hybridized carbons (Fsp3) is 0.667. The third-order valence-corrected chi connectivity index (χ3v) is 2.69. The summed E-state index contributed by atoms with van der Waals surface area (Å²) in [6.45, 7) is 4.36. The molecule has 0 bridgehead atoms. The Labute approximate surface area is 113 Å². The molecule has 0 aliphatic carbocycles. The van der Waals surface area contributed by atoms with Crippen LogP contribution in [0.25, 0.3) is 0 Å². The van der Waals surface area contributed by atoms with Crippen molar-refractivity contribution in [2.45, 2.75) is 13.5 Å². The van der Waals surface area contributed by atoms with E-state index in [4.69, 9.17) is 5.11 Å². The van der Waals surface area contributed by atoms with E-state index in [-0.39, 0.29) is 12.6 Å². The van der Waals surface area contributed by atoms with Crippen LogP contribution in [0.15, 0.2) is 12.3 Å². The highest BCUT2D eigenvalue weighted by molar-refractivity contribution is 5.88. The molecule has 0 unspecified atom stereocenters. The summed E-state index contributed by atoms with van der Waals surface area (Å²) in [7, 11) is 4.00. The number of nitrogens with one attached hydrogen (secondary N) is 1. The normalized spacial score (nSPS) is 10.8. The smallest absolute Gasteiger partial charge is 0.323 e. The number of hydrogen-bond donors (Lipinski definition) is 2. The number of carbonyl (C=O) groups excluding carboxylic acids is 1. The third kappa shape index (κ3) is 5.27. The number of anilines is 1. The molecule has 1 heterocycles. The van der Waals surface area contributed by atoms with Crippen LogP contribution >= 0.6 is 0 Å². The third-order valence-electron chi connectivity index (χ3n) is 2.69. The van der Waals surface area contributed by atoms with Gasteiger partial charge in [-0.25, -0.2) is 4.79 Å². The highest BCUT2D eigenvalue weighted by atomic mass is 16.3. The van der Waals surface area contributed by atoms with Crippen LogP contribution in [0.4, 0.5) is 10.6 Å². The molecule has 0 atom stereocenters. The van der Waals surface area contributed by atoms with Gasteiger partial charge in [0.25, 0.3) is 0 Å². The van der Waals surface area contributed by atoms with Crippen molar-refractivity contribution in [2.75, 3.05) is 45.7 Å². The molecular weight excluding hydrogens is 246 g/mol. The van der Waals surface area contributed by atoms with Crippen molar-refractivity contribution in [2.24, 2.45) is 0 Å². The van der Waals surface area contributed by atoms with Gasteiger partial charge in [0.1, 0.15) is 0 Å². The zero-order chi connectivity index (χ0) is 14.3. The van der Waals surface area contributed by atoms with E-state index >= 15 is 0 Å². The van der Waals surface area contributed by atoms with Gasteiger partial charge in [-0.15, -0.1) is 0 Å². The van der Waals surface area contributed by atoms with Crippen molar-refractivity contribution in [1.82, 2.24) is 19.6 Å². The molecule has 108 valence electrons. The quantitative estimate of drug-likeness (QED) is 0.746. The number of aliphatic hydroxyl groups excluding tert-OH is 1. The van der Waals surface area contributed by atoms with E-state index in [1.54, 1.807) is 10.7 Å². The molecule has 2 amide bonds. The Morgan fingerprint density at radius 1 is 1.47 bits per heavy atom. The zero-order valence-electron chi connectivity index (χ0n) is 11.8. The predicted octanol–water partition coefficient (Wildman–Crippen LogP) is 0.291. The lowest BCUT2D eigenvalue weighted by Crippen LogP contribution is -2.36. The monoisotopic (exact) mass is 269 g/mol. The Morgan fingerprint density at radius 3 is 2.79 bits per heavy atom. The number of nitrogens with zero attached hydrogens (tertiary/aromatic N) is 4. The fourth-order valence-corrected chi connectivity index (χ4v) is 1.57. The van der Waals surface area contributed by atoms with E-state index in [9.17, 15) is 4.79 Å². The highest BCUT2D eigenvalue weighted by Crippen LogP contribution is 2.04. The molecule has 0 aliphatic rings. The van der Waals surface area contributed by atoms with Crippen molar-refractivity contribution in [3.63, 3.8) is 0 Å². The van der Waals surface area contributed by atoms with Crippen molar-refractivity contribution in [1.29, 1.82) is 0 Å². The number of urea groups is 1. The molecule has 19 heavy (non-hydrogen) atoms. The fourth-order valence-electron chi connectivity index (χ4n) is 1.57. The van der Waals surface area contributed by atoms with E-state index in [1.807, 2.05) is 27.2 Å². The molecule has 1 aromatic rings. The van der Waals surface area contributed by atoms with E-state index < -0.39 is 0 Å². The number of amides is 2. The number of hydrogen-bond acceptors (Lipinski definition) is 4. The van der Waals surface area contributed by atoms with Crippen LogP contribution in [0.3, 0.4) is 0 Å². The maximum absolute atomic E-state index is 11.9. The van der Waals surface area contributed by atoms with Gasteiger partial charge in [-0.3, -0.25) is 10.00 Å². The van der Waals surface area contributed by atoms with Crippen molar-refractivity contribution >= 4 is 11.8 Å². The van der Waals surface area contributed by atoms with Gasteiger partial charge in [-0.2, -0.15) is 5.10 Å². The summed E-state index contributed by atoms with van der Waals surface area (Å²) in [5.41, 5.74) is 0. The molecule has 0 aliphatic heterocycles. The lowest BCUT2D eigenvalue weighted by atomic mass is 10.5. The number of aromatic nitrogens is 2. The minimum absolute atomic E-state index is 0.0431. The van der Waals surface area contributed by atoms with E-state index in [0.717, 1.165) is 13.1 Å². The maximum Gasteiger partial charge on any atom is 0.323 e. The van der Waals surface area contributed by atoms with Gasteiger partial charge in [0, 0.05) is 31.9 Å². The SMILES string of the molecule is CCN(CCO)C(=O)Nc1ccn(CCN(C)C)n1. The van der Waals surface area contributed by atoms with Crippen LogP contribution in [0.2, 0.25) is 0 Å². The van der Waals surface area contributed by atoms with Crippen molar-refractivity contribution in [3.05, 3.63) is 12.3 Å². The molecule has 1 rings (SSSR count). The highest BCUT2D eigenvalue weighted by Gasteiger charge is 2.12. The van der Waals surface area contributed by atoms with Crippen LogP contribution in [0, 0.1) is 0 Å². The largest absolute Gasteiger partial charge is 0.395 e. The summed E-state index contributed by atoms with van der Waals surface area (Å²) in [4.78, 5) is 15.5.